The summed E-state index contributed by atoms with van der Waals surface area (Å²) in [6, 6.07) is 0. The molecule has 0 aromatic carbocycles. The van der Waals surface area contributed by atoms with E-state index in [2.05, 4.69) is 0 Å². The van der Waals surface area contributed by atoms with Gasteiger partial charge in [-0.3, -0.25) is 0 Å². The summed E-state index contributed by atoms with van der Waals surface area (Å²) in [6.07, 6.45) is 4.36. The third-order valence-electron chi connectivity index (χ3n) is 2.92. The van der Waals surface area contributed by atoms with Crippen LogP contribution >= 0.6 is 0 Å². The van der Waals surface area contributed by atoms with Crippen molar-refractivity contribution in [2.45, 2.75) is 27.2 Å². The average Bonchev–Trinajstić information content (AvgIpc) is 2.33. The number of methoxy groups -OCH3 is 1. The Balaban J connectivity index is 3.11. The largest absolute Gasteiger partial charge is 0.496 e. The molecule has 4 heteroatoms. The van der Waals surface area contributed by atoms with Crippen LogP contribution in [-0.4, -0.2) is 18.8 Å². The number of aliphatic hydroxyl groups excluding tert-OH is 1. The van der Waals surface area contributed by atoms with Crippen molar-refractivity contribution in [3.8, 4) is 5.75 Å². The molecule has 1 N–H and O–H groups in total. The zero-order valence-corrected chi connectivity index (χ0v) is 11.3. The van der Waals surface area contributed by atoms with E-state index in [9.17, 15) is 4.79 Å². The molecule has 1 atom stereocenters. The van der Waals surface area contributed by atoms with Crippen molar-refractivity contribution in [1.29, 1.82) is 0 Å². The Kier molecular flexibility index (Phi) is 5.16. The van der Waals surface area contributed by atoms with E-state index >= 15 is 0 Å². The summed E-state index contributed by atoms with van der Waals surface area (Å²) in [5.74, 6) is 1.31. The van der Waals surface area contributed by atoms with E-state index in [1.807, 2.05) is 19.9 Å². The Morgan fingerprint density at radius 1 is 1.39 bits per heavy atom. The van der Waals surface area contributed by atoms with Gasteiger partial charge in [-0.05, 0) is 32.3 Å². The van der Waals surface area contributed by atoms with E-state index in [0.29, 0.717) is 23.5 Å². The molecule has 0 radical (unpaired) electrons. The van der Waals surface area contributed by atoms with Gasteiger partial charge in [-0.25, -0.2) is 4.79 Å². The summed E-state index contributed by atoms with van der Waals surface area (Å²) in [7, 11) is 1.54. The van der Waals surface area contributed by atoms with Crippen molar-refractivity contribution >= 4 is 6.08 Å². The lowest BCUT2D eigenvalue weighted by atomic mass is 10.1. The molecule has 0 aliphatic carbocycles. The lowest BCUT2D eigenvalue weighted by Gasteiger charge is -2.09. The molecule has 1 aromatic rings. The summed E-state index contributed by atoms with van der Waals surface area (Å²) in [6.45, 7) is 5.67. The summed E-state index contributed by atoms with van der Waals surface area (Å²) < 4.78 is 10.4. The molecule has 100 valence electrons. The summed E-state index contributed by atoms with van der Waals surface area (Å²) in [5, 5.41) is 8.82. The predicted molar refractivity (Wildman–Crippen MR) is 70.9 cm³/mol. The zero-order chi connectivity index (χ0) is 13.7. The molecule has 0 aliphatic heterocycles. The van der Waals surface area contributed by atoms with Gasteiger partial charge < -0.3 is 14.3 Å². The van der Waals surface area contributed by atoms with Gasteiger partial charge in [0, 0.05) is 12.2 Å². The molecule has 0 amide bonds. The second-order valence-corrected chi connectivity index (χ2v) is 4.39. The Morgan fingerprint density at radius 2 is 2.06 bits per heavy atom. The van der Waals surface area contributed by atoms with E-state index in [1.165, 1.54) is 7.11 Å². The van der Waals surface area contributed by atoms with Crippen LogP contribution in [0.4, 0.5) is 0 Å². The molecule has 1 aromatic heterocycles. The van der Waals surface area contributed by atoms with Crippen molar-refractivity contribution in [3.05, 3.63) is 33.4 Å². The third-order valence-corrected chi connectivity index (χ3v) is 2.92. The third kappa shape index (κ3) is 3.23. The standard InChI is InChI=1S/C14H20O4/c1-9(7-8-15)5-6-12-10(2)13(17-4)11(3)14(16)18-12/h5-6,9,15H,7-8H2,1-4H3/b6-5+/t9-/m1/s1. The van der Waals surface area contributed by atoms with Gasteiger partial charge in [0.1, 0.15) is 11.5 Å². The first-order valence-corrected chi connectivity index (χ1v) is 5.98. The number of aliphatic hydroxyl groups is 1. The molecule has 0 aliphatic rings. The summed E-state index contributed by atoms with van der Waals surface area (Å²) >= 11 is 0. The normalized spacial score (nSPS) is 12.9. The fourth-order valence-corrected chi connectivity index (χ4v) is 1.76. The lowest BCUT2D eigenvalue weighted by molar-refractivity contribution is 0.274. The SMILES string of the molecule is COc1c(C)c(/C=C/[C@@H](C)CCO)oc(=O)c1C. The van der Waals surface area contributed by atoms with Crippen LogP contribution in [0.5, 0.6) is 5.75 Å². The fourth-order valence-electron chi connectivity index (χ4n) is 1.76. The molecule has 0 bridgehead atoms. The van der Waals surface area contributed by atoms with E-state index in [0.717, 1.165) is 5.56 Å². The van der Waals surface area contributed by atoms with Gasteiger partial charge in [0.15, 0.2) is 0 Å². The van der Waals surface area contributed by atoms with Crippen LogP contribution in [0.3, 0.4) is 0 Å². The molecule has 0 fully saturated rings. The monoisotopic (exact) mass is 252 g/mol. The summed E-state index contributed by atoms with van der Waals surface area (Å²) in [4.78, 5) is 11.6. The van der Waals surface area contributed by atoms with Crippen molar-refractivity contribution in [3.63, 3.8) is 0 Å². The van der Waals surface area contributed by atoms with Crippen molar-refractivity contribution in [2.75, 3.05) is 13.7 Å². The van der Waals surface area contributed by atoms with Gasteiger partial charge in [-0.15, -0.1) is 0 Å². The van der Waals surface area contributed by atoms with E-state index < -0.39 is 0 Å². The molecule has 0 unspecified atom stereocenters. The van der Waals surface area contributed by atoms with Crippen LogP contribution in [0.15, 0.2) is 15.3 Å². The highest BCUT2D eigenvalue weighted by Crippen LogP contribution is 2.24. The number of hydrogen-bond donors (Lipinski definition) is 1. The van der Waals surface area contributed by atoms with E-state index in [-0.39, 0.29) is 18.2 Å². The molecule has 18 heavy (non-hydrogen) atoms. The minimum Gasteiger partial charge on any atom is -0.496 e. The molecule has 1 rings (SSSR count). The quantitative estimate of drug-likeness (QED) is 0.873. The minimum atomic E-state index is -0.382. The van der Waals surface area contributed by atoms with Gasteiger partial charge in [0.25, 0.3) is 0 Å². The first-order valence-electron chi connectivity index (χ1n) is 5.98. The maximum Gasteiger partial charge on any atom is 0.342 e. The molecule has 1 heterocycles. The maximum atomic E-state index is 11.6. The second kappa shape index (κ2) is 6.40. The number of rotatable bonds is 5. The van der Waals surface area contributed by atoms with Crippen LogP contribution in [-0.2, 0) is 0 Å². The van der Waals surface area contributed by atoms with Crippen LogP contribution in [0, 0.1) is 19.8 Å². The Labute approximate surface area is 107 Å². The molecule has 4 nitrogen and oxygen atoms in total. The smallest absolute Gasteiger partial charge is 0.342 e. The van der Waals surface area contributed by atoms with Gasteiger partial charge in [-0.1, -0.05) is 13.0 Å². The summed E-state index contributed by atoms with van der Waals surface area (Å²) in [5.41, 5.74) is 0.907. The molecular weight excluding hydrogens is 232 g/mol. The van der Waals surface area contributed by atoms with E-state index in [4.69, 9.17) is 14.3 Å². The fraction of sp³-hybridized carbons (Fsp3) is 0.500. The van der Waals surface area contributed by atoms with Gasteiger partial charge in [-0.2, -0.15) is 0 Å². The van der Waals surface area contributed by atoms with Crippen LogP contribution in [0.1, 0.15) is 30.2 Å². The predicted octanol–water partition coefficient (Wildman–Crippen LogP) is 2.30. The molecule has 0 spiro atoms. The first-order chi connectivity index (χ1) is 8.51. The van der Waals surface area contributed by atoms with Gasteiger partial charge in [0.05, 0.1) is 12.7 Å². The van der Waals surface area contributed by atoms with Gasteiger partial charge in [0.2, 0.25) is 0 Å². The number of allylic oxidation sites excluding steroid dienone is 1. The highest BCUT2D eigenvalue weighted by molar-refractivity contribution is 5.53. The van der Waals surface area contributed by atoms with Gasteiger partial charge >= 0.3 is 5.63 Å². The highest BCUT2D eigenvalue weighted by Gasteiger charge is 2.12. The lowest BCUT2D eigenvalue weighted by Crippen LogP contribution is -2.08. The minimum absolute atomic E-state index is 0.145. The van der Waals surface area contributed by atoms with Crippen LogP contribution in [0.25, 0.3) is 6.08 Å². The Bertz CT molecular complexity index is 485. The first kappa shape index (κ1) is 14.5. The Morgan fingerprint density at radius 3 is 2.61 bits per heavy atom. The van der Waals surface area contributed by atoms with Crippen molar-refractivity contribution < 1.29 is 14.3 Å². The highest BCUT2D eigenvalue weighted by atomic mass is 16.5. The van der Waals surface area contributed by atoms with Crippen LogP contribution in [0.2, 0.25) is 0 Å². The number of ether oxygens (including phenoxy) is 1. The Hall–Kier alpha value is -1.55. The zero-order valence-electron chi connectivity index (χ0n) is 11.3. The molecule has 0 saturated carbocycles. The van der Waals surface area contributed by atoms with Crippen molar-refractivity contribution in [1.82, 2.24) is 0 Å². The van der Waals surface area contributed by atoms with E-state index in [1.54, 1.807) is 13.0 Å². The number of hydrogen-bond acceptors (Lipinski definition) is 4. The topological polar surface area (TPSA) is 59.7 Å². The molecular formula is C14H20O4. The van der Waals surface area contributed by atoms with Crippen molar-refractivity contribution in [2.24, 2.45) is 5.92 Å². The maximum absolute atomic E-state index is 11.6. The average molecular weight is 252 g/mol. The van der Waals surface area contributed by atoms with Crippen LogP contribution < -0.4 is 10.4 Å². The molecule has 0 saturated heterocycles. The second-order valence-electron chi connectivity index (χ2n) is 4.39.